The standard InChI is InChI=1S/C22H14N8/c1-2-8-25-16(3-1)14-11-24-12-18-19(14)28-22(27-18)21-20-17(29-30-21)5-4-15(26-20)13-6-9-23-10-7-13/h1-12H,(H,27,28)(H,29,30). The molecule has 0 atom stereocenters. The quantitative estimate of drug-likeness (QED) is 0.472. The molecule has 6 aromatic rings. The van der Waals surface area contributed by atoms with Crippen LogP contribution in [-0.4, -0.2) is 40.1 Å². The van der Waals surface area contributed by atoms with Crippen molar-refractivity contribution < 1.29 is 0 Å². The number of nitrogens with one attached hydrogen (secondary N) is 2. The van der Waals surface area contributed by atoms with E-state index in [0.29, 0.717) is 11.5 Å². The van der Waals surface area contributed by atoms with Crippen molar-refractivity contribution in [2.45, 2.75) is 0 Å². The van der Waals surface area contributed by atoms with Gasteiger partial charge in [-0.25, -0.2) is 9.97 Å². The average Bonchev–Trinajstić information content (AvgIpc) is 3.43. The van der Waals surface area contributed by atoms with E-state index in [1.165, 1.54) is 0 Å². The minimum atomic E-state index is 0.626. The first-order chi connectivity index (χ1) is 14.9. The summed E-state index contributed by atoms with van der Waals surface area (Å²) >= 11 is 0. The van der Waals surface area contributed by atoms with Gasteiger partial charge in [0.25, 0.3) is 0 Å². The lowest BCUT2D eigenvalue weighted by atomic mass is 10.1. The molecule has 0 bridgehead atoms. The molecule has 0 fully saturated rings. The van der Waals surface area contributed by atoms with E-state index in [4.69, 9.17) is 9.97 Å². The highest BCUT2D eigenvalue weighted by Gasteiger charge is 2.17. The summed E-state index contributed by atoms with van der Waals surface area (Å²) in [6.45, 7) is 0. The Morgan fingerprint density at radius 1 is 0.700 bits per heavy atom. The lowest BCUT2D eigenvalue weighted by molar-refractivity contribution is 1.10. The topological polar surface area (TPSA) is 109 Å². The fourth-order valence-electron chi connectivity index (χ4n) is 3.50. The Kier molecular flexibility index (Phi) is 3.60. The summed E-state index contributed by atoms with van der Waals surface area (Å²) in [6, 6.07) is 13.6. The van der Waals surface area contributed by atoms with E-state index in [1.807, 2.05) is 42.5 Å². The lowest BCUT2D eigenvalue weighted by Crippen LogP contribution is -1.87. The molecule has 6 aromatic heterocycles. The van der Waals surface area contributed by atoms with Crippen LogP contribution in [0.1, 0.15) is 0 Å². The van der Waals surface area contributed by atoms with Gasteiger partial charge in [0.2, 0.25) is 0 Å². The summed E-state index contributed by atoms with van der Waals surface area (Å²) in [5.74, 6) is 0.626. The van der Waals surface area contributed by atoms with E-state index in [9.17, 15) is 0 Å². The summed E-state index contributed by atoms with van der Waals surface area (Å²) in [5, 5.41) is 7.51. The van der Waals surface area contributed by atoms with Crippen LogP contribution >= 0.6 is 0 Å². The maximum atomic E-state index is 4.82. The number of hydrogen-bond acceptors (Lipinski definition) is 6. The van der Waals surface area contributed by atoms with Crippen molar-refractivity contribution >= 4 is 22.1 Å². The van der Waals surface area contributed by atoms with E-state index < -0.39 is 0 Å². The van der Waals surface area contributed by atoms with Crippen LogP contribution in [0, 0.1) is 0 Å². The first-order valence-corrected chi connectivity index (χ1v) is 9.38. The molecular formula is C22H14N8. The Morgan fingerprint density at radius 3 is 2.50 bits per heavy atom. The summed E-state index contributed by atoms with van der Waals surface area (Å²) in [7, 11) is 0. The number of H-pyrrole nitrogens is 2. The molecule has 6 rings (SSSR count). The van der Waals surface area contributed by atoms with Gasteiger partial charge in [0.05, 0.1) is 28.6 Å². The number of fused-ring (bicyclic) bond motifs is 2. The molecule has 0 aliphatic rings. The van der Waals surface area contributed by atoms with Gasteiger partial charge in [-0.05, 0) is 36.4 Å². The van der Waals surface area contributed by atoms with E-state index in [2.05, 4.69) is 30.1 Å². The van der Waals surface area contributed by atoms with Crippen LogP contribution in [0.15, 0.2) is 73.4 Å². The molecule has 0 aliphatic heterocycles. The van der Waals surface area contributed by atoms with Crippen LogP contribution in [0.2, 0.25) is 0 Å². The van der Waals surface area contributed by atoms with Gasteiger partial charge in [0.15, 0.2) is 11.5 Å². The Hall–Kier alpha value is -4.46. The summed E-state index contributed by atoms with van der Waals surface area (Å²) in [5.41, 5.74) is 7.37. The summed E-state index contributed by atoms with van der Waals surface area (Å²) in [4.78, 5) is 25.8. The number of aromatic nitrogens is 8. The molecule has 0 spiro atoms. The maximum absolute atomic E-state index is 4.82. The van der Waals surface area contributed by atoms with E-state index >= 15 is 0 Å². The molecule has 0 radical (unpaired) electrons. The van der Waals surface area contributed by atoms with Crippen molar-refractivity contribution in [2.75, 3.05) is 0 Å². The third-order valence-corrected chi connectivity index (χ3v) is 4.94. The van der Waals surface area contributed by atoms with Gasteiger partial charge in [-0.1, -0.05) is 6.07 Å². The van der Waals surface area contributed by atoms with Crippen molar-refractivity contribution in [1.82, 2.24) is 40.1 Å². The van der Waals surface area contributed by atoms with Gasteiger partial charge in [-0.2, -0.15) is 5.10 Å². The molecule has 0 saturated heterocycles. The average molecular weight is 390 g/mol. The van der Waals surface area contributed by atoms with Crippen molar-refractivity contribution in [3.8, 4) is 34.0 Å². The van der Waals surface area contributed by atoms with Crippen LogP contribution in [0.4, 0.5) is 0 Å². The van der Waals surface area contributed by atoms with Crippen molar-refractivity contribution in [1.29, 1.82) is 0 Å². The number of pyridine rings is 4. The predicted molar refractivity (Wildman–Crippen MR) is 113 cm³/mol. The smallest absolute Gasteiger partial charge is 0.161 e. The Morgan fingerprint density at radius 2 is 1.63 bits per heavy atom. The second-order valence-corrected chi connectivity index (χ2v) is 6.78. The fraction of sp³-hybridized carbons (Fsp3) is 0. The Labute approximate surface area is 170 Å². The first-order valence-electron chi connectivity index (χ1n) is 9.38. The monoisotopic (exact) mass is 390 g/mol. The normalized spacial score (nSPS) is 11.3. The molecule has 142 valence electrons. The second kappa shape index (κ2) is 6.56. The van der Waals surface area contributed by atoms with Crippen LogP contribution < -0.4 is 0 Å². The first kappa shape index (κ1) is 16.5. The highest BCUT2D eigenvalue weighted by atomic mass is 15.1. The zero-order chi connectivity index (χ0) is 19.9. The van der Waals surface area contributed by atoms with Crippen LogP contribution in [0.5, 0.6) is 0 Å². The number of nitrogens with zero attached hydrogens (tertiary/aromatic N) is 6. The minimum absolute atomic E-state index is 0.626. The molecule has 0 aromatic carbocycles. The molecule has 0 unspecified atom stereocenters. The van der Waals surface area contributed by atoms with Crippen molar-refractivity contribution in [3.63, 3.8) is 0 Å². The number of hydrogen-bond donors (Lipinski definition) is 2. The predicted octanol–water partition coefficient (Wildman–Crippen LogP) is 4.02. The molecule has 6 heterocycles. The van der Waals surface area contributed by atoms with Gasteiger partial charge >= 0.3 is 0 Å². The molecule has 8 nitrogen and oxygen atoms in total. The van der Waals surface area contributed by atoms with E-state index in [-0.39, 0.29) is 0 Å². The minimum Gasteiger partial charge on any atom is -0.335 e. The third kappa shape index (κ3) is 2.62. The Bertz CT molecular complexity index is 1490. The van der Waals surface area contributed by atoms with Crippen molar-refractivity contribution in [2.24, 2.45) is 0 Å². The third-order valence-electron chi connectivity index (χ3n) is 4.94. The molecule has 30 heavy (non-hydrogen) atoms. The van der Waals surface area contributed by atoms with Gasteiger partial charge in [0.1, 0.15) is 11.0 Å². The SMILES string of the molecule is c1ccc(-c2cncc3[nH]c(-c4n[nH]c5ccc(-c6ccncc6)nc45)nc23)nc1. The van der Waals surface area contributed by atoms with Crippen LogP contribution in [-0.2, 0) is 0 Å². The maximum Gasteiger partial charge on any atom is 0.161 e. The summed E-state index contributed by atoms with van der Waals surface area (Å²) < 4.78 is 0. The highest BCUT2D eigenvalue weighted by molar-refractivity contribution is 5.95. The van der Waals surface area contributed by atoms with Gasteiger partial charge in [-0.15, -0.1) is 0 Å². The van der Waals surface area contributed by atoms with E-state index in [0.717, 1.165) is 44.6 Å². The molecule has 2 N–H and O–H groups in total. The molecule has 8 heteroatoms. The lowest BCUT2D eigenvalue weighted by Gasteiger charge is -2.00. The molecule has 0 amide bonds. The number of aromatic amines is 2. The Balaban J connectivity index is 1.52. The van der Waals surface area contributed by atoms with Gasteiger partial charge < -0.3 is 4.98 Å². The second-order valence-electron chi connectivity index (χ2n) is 6.78. The van der Waals surface area contributed by atoms with Gasteiger partial charge in [0, 0.05) is 35.9 Å². The fourth-order valence-corrected chi connectivity index (χ4v) is 3.50. The van der Waals surface area contributed by atoms with Crippen LogP contribution in [0.25, 0.3) is 56.1 Å². The number of imidazole rings is 1. The van der Waals surface area contributed by atoms with Crippen LogP contribution in [0.3, 0.4) is 0 Å². The zero-order valence-electron chi connectivity index (χ0n) is 15.6. The number of rotatable bonds is 3. The van der Waals surface area contributed by atoms with Crippen molar-refractivity contribution in [3.05, 3.63) is 73.4 Å². The zero-order valence-corrected chi connectivity index (χ0v) is 15.6. The highest BCUT2D eigenvalue weighted by Crippen LogP contribution is 2.30. The molecule has 0 saturated carbocycles. The largest absolute Gasteiger partial charge is 0.335 e. The molecule has 0 aliphatic carbocycles. The summed E-state index contributed by atoms with van der Waals surface area (Å²) in [6.07, 6.45) is 8.79. The van der Waals surface area contributed by atoms with Gasteiger partial charge in [-0.3, -0.25) is 20.1 Å². The molecular weight excluding hydrogens is 376 g/mol. The van der Waals surface area contributed by atoms with E-state index in [1.54, 1.807) is 31.0 Å².